The van der Waals surface area contributed by atoms with Gasteiger partial charge in [0, 0.05) is 19.3 Å². The molecule has 0 radical (unpaired) electrons. The average molecular weight is 242 g/mol. The molecule has 4 heteroatoms. The van der Waals surface area contributed by atoms with E-state index in [4.69, 9.17) is 12.3 Å². The third kappa shape index (κ3) is 3.16. The average Bonchev–Trinajstić information content (AvgIpc) is 2.46. The Labute approximate surface area is 108 Å². The van der Waals surface area contributed by atoms with Crippen LogP contribution in [0.2, 0.25) is 0 Å². The Kier molecular flexibility index (Phi) is 4.46. The van der Waals surface area contributed by atoms with Crippen LogP contribution in [0.5, 0.6) is 0 Å². The fraction of sp³-hybridized carbons (Fsp3) is 0.429. The van der Waals surface area contributed by atoms with Crippen molar-refractivity contribution in [2.75, 3.05) is 26.2 Å². The van der Waals surface area contributed by atoms with Gasteiger partial charge in [-0.15, -0.1) is 0 Å². The number of aromatic nitrogens is 1. The van der Waals surface area contributed by atoms with Crippen LogP contribution >= 0.6 is 0 Å². The lowest BCUT2D eigenvalue weighted by Crippen LogP contribution is -2.30. The summed E-state index contributed by atoms with van der Waals surface area (Å²) in [5.41, 5.74) is 8.40. The predicted octanol–water partition coefficient (Wildman–Crippen LogP) is 2.07. The smallest absolute Gasteiger partial charge is 0.205 e. The number of hydrogen-bond donors (Lipinski definition) is 1. The van der Waals surface area contributed by atoms with Crippen molar-refractivity contribution in [2.24, 2.45) is 5.73 Å². The summed E-state index contributed by atoms with van der Waals surface area (Å²) in [6.45, 7) is 10.8. The van der Waals surface area contributed by atoms with Gasteiger partial charge in [0.1, 0.15) is 0 Å². The minimum atomic E-state index is 0.597. The highest BCUT2D eigenvalue weighted by molar-refractivity contribution is 5.64. The molecule has 1 aliphatic rings. The highest BCUT2D eigenvalue weighted by atomic mass is 15.1. The third-order valence-electron chi connectivity index (χ3n) is 3.18. The van der Waals surface area contributed by atoms with Crippen molar-refractivity contribution in [1.82, 2.24) is 9.88 Å². The Morgan fingerprint density at radius 3 is 2.89 bits per heavy atom. The van der Waals surface area contributed by atoms with Gasteiger partial charge < -0.3 is 5.73 Å². The first kappa shape index (κ1) is 12.7. The summed E-state index contributed by atoms with van der Waals surface area (Å²) in [6, 6.07) is 3.77. The molecule has 2 heterocycles. The van der Waals surface area contributed by atoms with Crippen LogP contribution in [0, 0.1) is 6.57 Å². The van der Waals surface area contributed by atoms with Gasteiger partial charge in [-0.3, -0.25) is 9.88 Å². The maximum absolute atomic E-state index is 6.90. The molecular weight excluding hydrogens is 224 g/mol. The van der Waals surface area contributed by atoms with E-state index in [1.165, 1.54) is 5.57 Å². The first-order valence-corrected chi connectivity index (χ1v) is 6.29. The van der Waals surface area contributed by atoms with Gasteiger partial charge in [-0.2, -0.15) is 0 Å². The van der Waals surface area contributed by atoms with E-state index in [1.807, 2.05) is 12.1 Å². The molecule has 1 aromatic rings. The topological polar surface area (TPSA) is 46.5 Å². The summed E-state index contributed by atoms with van der Waals surface area (Å²) in [7, 11) is 0. The number of nitrogens with two attached hydrogens (primary N) is 1. The molecule has 0 fully saturated rings. The Balaban J connectivity index is 1.98. The summed E-state index contributed by atoms with van der Waals surface area (Å²) in [5.74, 6) is 0. The lowest BCUT2D eigenvalue weighted by atomic mass is 10.0. The van der Waals surface area contributed by atoms with E-state index in [0.29, 0.717) is 5.69 Å². The van der Waals surface area contributed by atoms with Crippen molar-refractivity contribution in [3.05, 3.63) is 41.5 Å². The van der Waals surface area contributed by atoms with Gasteiger partial charge in [0.2, 0.25) is 5.69 Å². The summed E-state index contributed by atoms with van der Waals surface area (Å²) in [4.78, 5) is 10.1. The highest BCUT2D eigenvalue weighted by Gasteiger charge is 2.12. The molecule has 18 heavy (non-hydrogen) atoms. The molecule has 0 bridgehead atoms. The van der Waals surface area contributed by atoms with Gasteiger partial charge in [-0.05, 0) is 37.6 Å². The standard InChI is InChI=1S/C14H18N4/c1-16-13-3-4-14(17-11-13)12-5-9-18(10-6-12)8-2-7-15/h3-5,11H,2,6-10,15H2. The molecule has 94 valence electrons. The maximum Gasteiger partial charge on any atom is 0.205 e. The van der Waals surface area contributed by atoms with Crippen LogP contribution in [0.4, 0.5) is 5.69 Å². The molecule has 0 aliphatic carbocycles. The monoisotopic (exact) mass is 242 g/mol. The third-order valence-corrected chi connectivity index (χ3v) is 3.18. The fourth-order valence-electron chi connectivity index (χ4n) is 2.10. The fourth-order valence-corrected chi connectivity index (χ4v) is 2.10. The molecule has 0 saturated heterocycles. The van der Waals surface area contributed by atoms with E-state index < -0.39 is 0 Å². The molecular formula is C14H18N4. The molecule has 0 amide bonds. The van der Waals surface area contributed by atoms with E-state index in [0.717, 1.165) is 44.7 Å². The van der Waals surface area contributed by atoms with E-state index in [9.17, 15) is 0 Å². The zero-order valence-corrected chi connectivity index (χ0v) is 10.5. The maximum atomic E-state index is 6.90. The summed E-state index contributed by atoms with van der Waals surface area (Å²) in [5, 5.41) is 0. The van der Waals surface area contributed by atoms with E-state index >= 15 is 0 Å². The van der Waals surface area contributed by atoms with Crippen molar-refractivity contribution in [1.29, 1.82) is 0 Å². The zero-order chi connectivity index (χ0) is 12.8. The van der Waals surface area contributed by atoms with E-state index in [-0.39, 0.29) is 0 Å². The largest absolute Gasteiger partial charge is 0.330 e. The minimum Gasteiger partial charge on any atom is -0.330 e. The first-order chi connectivity index (χ1) is 8.83. The minimum absolute atomic E-state index is 0.597. The summed E-state index contributed by atoms with van der Waals surface area (Å²) < 4.78 is 0. The molecule has 0 aromatic carbocycles. The van der Waals surface area contributed by atoms with Crippen molar-refractivity contribution in [2.45, 2.75) is 12.8 Å². The van der Waals surface area contributed by atoms with Crippen LogP contribution in [0.3, 0.4) is 0 Å². The molecule has 0 unspecified atom stereocenters. The lowest BCUT2D eigenvalue weighted by Gasteiger charge is -2.25. The SMILES string of the molecule is [C-]#[N+]c1ccc(C2=CCN(CCCN)CC2)nc1. The number of pyridine rings is 1. The van der Waals surface area contributed by atoms with E-state index in [2.05, 4.69) is 20.8 Å². The van der Waals surface area contributed by atoms with Gasteiger partial charge in [-0.1, -0.05) is 12.1 Å². The molecule has 0 atom stereocenters. The highest BCUT2D eigenvalue weighted by Crippen LogP contribution is 2.22. The molecule has 2 N–H and O–H groups in total. The van der Waals surface area contributed by atoms with Gasteiger partial charge in [0.15, 0.2) is 0 Å². The van der Waals surface area contributed by atoms with Crippen LogP contribution < -0.4 is 5.73 Å². The van der Waals surface area contributed by atoms with E-state index in [1.54, 1.807) is 6.20 Å². The van der Waals surface area contributed by atoms with Crippen LogP contribution in [0.1, 0.15) is 18.5 Å². The predicted molar refractivity (Wildman–Crippen MR) is 73.2 cm³/mol. The number of rotatable bonds is 4. The molecule has 1 aromatic heterocycles. The van der Waals surface area contributed by atoms with Gasteiger partial charge in [-0.25, -0.2) is 4.85 Å². The summed E-state index contributed by atoms with van der Waals surface area (Å²) >= 11 is 0. The number of hydrogen-bond acceptors (Lipinski definition) is 3. The normalized spacial score (nSPS) is 16.1. The van der Waals surface area contributed by atoms with Gasteiger partial charge in [0.05, 0.1) is 12.3 Å². The quantitative estimate of drug-likeness (QED) is 0.822. The Morgan fingerprint density at radius 1 is 1.44 bits per heavy atom. The van der Waals surface area contributed by atoms with Crippen molar-refractivity contribution < 1.29 is 0 Å². The Bertz CT molecular complexity index is 456. The van der Waals surface area contributed by atoms with Crippen molar-refractivity contribution in [3.8, 4) is 0 Å². The molecule has 1 aliphatic heterocycles. The van der Waals surface area contributed by atoms with Crippen molar-refractivity contribution in [3.63, 3.8) is 0 Å². The lowest BCUT2D eigenvalue weighted by molar-refractivity contribution is 0.299. The van der Waals surface area contributed by atoms with Gasteiger partial charge >= 0.3 is 0 Å². The van der Waals surface area contributed by atoms with Crippen molar-refractivity contribution >= 4 is 11.3 Å². The molecule has 2 rings (SSSR count). The van der Waals surface area contributed by atoms with Gasteiger partial charge in [0.25, 0.3) is 0 Å². The second-order valence-electron chi connectivity index (χ2n) is 4.44. The zero-order valence-electron chi connectivity index (χ0n) is 10.5. The first-order valence-electron chi connectivity index (χ1n) is 6.29. The second kappa shape index (κ2) is 6.29. The number of nitrogens with zero attached hydrogens (tertiary/aromatic N) is 3. The molecule has 0 spiro atoms. The van der Waals surface area contributed by atoms with Crippen LogP contribution in [-0.4, -0.2) is 36.1 Å². The Hall–Kier alpha value is -1.70. The molecule has 4 nitrogen and oxygen atoms in total. The Morgan fingerprint density at radius 2 is 2.33 bits per heavy atom. The summed E-state index contributed by atoms with van der Waals surface area (Å²) in [6.07, 6.45) is 5.96. The molecule has 0 saturated carbocycles. The second-order valence-corrected chi connectivity index (χ2v) is 4.44. The van der Waals surface area contributed by atoms with Crippen LogP contribution in [-0.2, 0) is 0 Å². The van der Waals surface area contributed by atoms with Crippen LogP contribution in [0.25, 0.3) is 10.4 Å². The van der Waals surface area contributed by atoms with Crippen LogP contribution in [0.15, 0.2) is 24.4 Å².